The molecule has 0 fully saturated rings. The van der Waals surface area contributed by atoms with E-state index in [9.17, 15) is 0 Å². The Morgan fingerprint density at radius 1 is 1.21 bits per heavy atom. The first-order valence-electron chi connectivity index (χ1n) is 5.93. The molecule has 19 heavy (non-hydrogen) atoms. The van der Waals surface area contributed by atoms with E-state index in [1.54, 1.807) is 0 Å². The largest absolute Gasteiger partial charge is 0.338 e. The van der Waals surface area contributed by atoms with Crippen molar-refractivity contribution in [3.05, 3.63) is 47.1 Å². The van der Waals surface area contributed by atoms with Crippen molar-refractivity contribution in [1.29, 1.82) is 0 Å². The topological polar surface area (TPSA) is 68.2 Å². The molecule has 1 heterocycles. The number of nitrogens with zero attached hydrogens (tertiary/aromatic N) is 3. The molecule has 0 unspecified atom stereocenters. The van der Waals surface area contributed by atoms with Gasteiger partial charge in [-0.1, -0.05) is 35.0 Å². The smallest absolute Gasteiger partial charge is 0.240 e. The molecule has 0 aliphatic rings. The Hall–Kier alpha value is -1.43. The number of hydrogen-bond acceptors (Lipinski definition) is 5. The lowest BCUT2D eigenvalue weighted by atomic mass is 10.1. The fourth-order valence-electron chi connectivity index (χ4n) is 1.74. The Morgan fingerprint density at radius 2 is 1.89 bits per heavy atom. The number of rotatable bonds is 5. The summed E-state index contributed by atoms with van der Waals surface area (Å²) in [7, 11) is 2.03. The van der Waals surface area contributed by atoms with Crippen LogP contribution in [0.3, 0.4) is 0 Å². The summed E-state index contributed by atoms with van der Waals surface area (Å²) in [5.74, 6) is 1.15. The zero-order chi connectivity index (χ0) is 13.0. The fraction of sp³-hybridized carbons (Fsp3) is 0.385. The van der Waals surface area contributed by atoms with E-state index in [2.05, 4.69) is 46.2 Å². The highest BCUT2D eigenvalue weighted by atomic mass is 35.5. The van der Waals surface area contributed by atoms with Crippen LogP contribution >= 0.6 is 12.4 Å². The van der Waals surface area contributed by atoms with Crippen LogP contribution in [0.5, 0.6) is 0 Å². The van der Waals surface area contributed by atoms with Crippen LogP contribution in [-0.4, -0.2) is 22.1 Å². The fourth-order valence-corrected chi connectivity index (χ4v) is 1.74. The van der Waals surface area contributed by atoms with Gasteiger partial charge in [-0.3, -0.25) is 4.90 Å². The zero-order valence-corrected chi connectivity index (χ0v) is 12.0. The molecule has 0 radical (unpaired) electrons. The summed E-state index contributed by atoms with van der Waals surface area (Å²) in [6.07, 6.45) is 0. The summed E-state index contributed by atoms with van der Waals surface area (Å²) in [6.45, 7) is 3.87. The third kappa shape index (κ3) is 4.63. The number of halogens is 1. The zero-order valence-electron chi connectivity index (χ0n) is 11.2. The van der Waals surface area contributed by atoms with Crippen molar-refractivity contribution in [2.75, 3.05) is 7.05 Å². The minimum absolute atomic E-state index is 0. The average Bonchev–Trinajstić information content (AvgIpc) is 2.79. The summed E-state index contributed by atoms with van der Waals surface area (Å²) >= 11 is 0. The summed E-state index contributed by atoms with van der Waals surface area (Å²) in [4.78, 5) is 6.31. The average molecular weight is 283 g/mol. The van der Waals surface area contributed by atoms with Gasteiger partial charge in [0.1, 0.15) is 0 Å². The van der Waals surface area contributed by atoms with Crippen LogP contribution in [0.25, 0.3) is 0 Å². The van der Waals surface area contributed by atoms with Crippen LogP contribution in [0.1, 0.15) is 22.8 Å². The molecular formula is C13H19ClN4O. The predicted molar refractivity (Wildman–Crippen MR) is 75.8 cm³/mol. The monoisotopic (exact) mass is 282 g/mol. The molecule has 104 valence electrons. The maximum absolute atomic E-state index is 5.42. The van der Waals surface area contributed by atoms with Crippen molar-refractivity contribution in [3.8, 4) is 0 Å². The first-order valence-corrected chi connectivity index (χ1v) is 5.93. The second-order valence-electron chi connectivity index (χ2n) is 4.47. The van der Waals surface area contributed by atoms with Gasteiger partial charge < -0.3 is 10.3 Å². The number of aromatic nitrogens is 2. The second kappa shape index (κ2) is 7.23. The molecule has 0 saturated carbocycles. The van der Waals surface area contributed by atoms with Gasteiger partial charge in [0, 0.05) is 6.54 Å². The van der Waals surface area contributed by atoms with Gasteiger partial charge in [-0.2, -0.15) is 4.98 Å². The minimum atomic E-state index is 0. The molecule has 0 atom stereocenters. The predicted octanol–water partition coefficient (Wildman–Crippen LogP) is 1.89. The van der Waals surface area contributed by atoms with E-state index in [1.807, 2.05) is 7.05 Å². The van der Waals surface area contributed by atoms with Crippen molar-refractivity contribution in [2.24, 2.45) is 5.73 Å². The second-order valence-corrected chi connectivity index (χ2v) is 4.47. The molecule has 0 aliphatic heterocycles. The first kappa shape index (κ1) is 15.6. The molecule has 1 aromatic heterocycles. The van der Waals surface area contributed by atoms with Crippen molar-refractivity contribution >= 4 is 12.4 Å². The normalized spacial score (nSPS) is 10.5. The maximum Gasteiger partial charge on any atom is 0.240 e. The van der Waals surface area contributed by atoms with Crippen LogP contribution in [0.4, 0.5) is 0 Å². The molecule has 0 aliphatic carbocycles. The van der Waals surface area contributed by atoms with E-state index in [1.165, 1.54) is 11.1 Å². The number of hydrogen-bond donors (Lipinski definition) is 1. The molecule has 0 saturated heterocycles. The number of aryl methyl sites for hydroxylation is 1. The van der Waals surface area contributed by atoms with Gasteiger partial charge in [0.15, 0.2) is 5.82 Å². The van der Waals surface area contributed by atoms with Crippen LogP contribution < -0.4 is 5.73 Å². The van der Waals surface area contributed by atoms with Crippen LogP contribution in [0.15, 0.2) is 28.8 Å². The molecule has 2 aromatic rings. The third-order valence-electron chi connectivity index (χ3n) is 2.67. The molecule has 0 bridgehead atoms. The highest BCUT2D eigenvalue weighted by Crippen LogP contribution is 2.08. The molecular weight excluding hydrogens is 264 g/mol. The summed E-state index contributed by atoms with van der Waals surface area (Å²) in [6, 6.07) is 8.49. The van der Waals surface area contributed by atoms with Crippen molar-refractivity contribution in [3.63, 3.8) is 0 Å². The van der Waals surface area contributed by atoms with Gasteiger partial charge in [0.25, 0.3) is 0 Å². The highest BCUT2D eigenvalue weighted by Gasteiger charge is 2.08. The molecule has 0 spiro atoms. The van der Waals surface area contributed by atoms with E-state index in [0.717, 1.165) is 6.54 Å². The summed E-state index contributed by atoms with van der Waals surface area (Å²) in [5.41, 5.74) is 7.96. The van der Waals surface area contributed by atoms with Crippen LogP contribution in [0.2, 0.25) is 0 Å². The van der Waals surface area contributed by atoms with Crippen LogP contribution in [-0.2, 0) is 19.6 Å². The van der Waals surface area contributed by atoms with Crippen molar-refractivity contribution in [2.45, 2.75) is 26.6 Å². The lowest BCUT2D eigenvalue weighted by Gasteiger charge is -2.14. The van der Waals surface area contributed by atoms with Crippen LogP contribution in [0, 0.1) is 6.92 Å². The highest BCUT2D eigenvalue weighted by molar-refractivity contribution is 5.85. The molecule has 5 nitrogen and oxygen atoms in total. The first-order chi connectivity index (χ1) is 8.67. The van der Waals surface area contributed by atoms with Gasteiger partial charge in [0.2, 0.25) is 5.89 Å². The summed E-state index contributed by atoms with van der Waals surface area (Å²) < 4.78 is 4.97. The molecule has 6 heteroatoms. The van der Waals surface area contributed by atoms with Crippen molar-refractivity contribution in [1.82, 2.24) is 15.0 Å². The minimum Gasteiger partial charge on any atom is -0.338 e. The Morgan fingerprint density at radius 3 is 2.47 bits per heavy atom. The van der Waals surface area contributed by atoms with E-state index < -0.39 is 0 Å². The third-order valence-corrected chi connectivity index (χ3v) is 2.67. The van der Waals surface area contributed by atoms with Gasteiger partial charge in [0.05, 0.1) is 13.1 Å². The number of nitrogens with two attached hydrogens (primary N) is 1. The van der Waals surface area contributed by atoms with Gasteiger partial charge in [-0.05, 0) is 19.5 Å². The Labute approximate surface area is 119 Å². The molecule has 1 aromatic carbocycles. The van der Waals surface area contributed by atoms with E-state index in [4.69, 9.17) is 10.3 Å². The number of benzene rings is 1. The molecule has 2 N–H and O–H groups in total. The van der Waals surface area contributed by atoms with E-state index >= 15 is 0 Å². The quantitative estimate of drug-likeness (QED) is 0.907. The van der Waals surface area contributed by atoms with Crippen molar-refractivity contribution < 1.29 is 4.52 Å². The standard InChI is InChI=1S/C13H18N4O.ClH/c1-10-3-5-11(6-4-10)8-17(2)9-12-15-13(7-14)18-16-12;/h3-6H,7-9,14H2,1-2H3;1H. The summed E-state index contributed by atoms with van der Waals surface area (Å²) in [5, 5.41) is 3.87. The van der Waals surface area contributed by atoms with Gasteiger partial charge >= 0.3 is 0 Å². The van der Waals surface area contributed by atoms with Gasteiger partial charge in [-0.15, -0.1) is 12.4 Å². The Balaban J connectivity index is 0.00000180. The molecule has 2 rings (SSSR count). The Kier molecular flexibility index (Phi) is 5.95. The lowest BCUT2D eigenvalue weighted by Crippen LogP contribution is -2.18. The SMILES string of the molecule is Cc1ccc(CN(C)Cc2noc(CN)n2)cc1.Cl. The lowest BCUT2D eigenvalue weighted by molar-refractivity contribution is 0.300. The van der Waals surface area contributed by atoms with Gasteiger partial charge in [-0.25, -0.2) is 0 Å². The Bertz CT molecular complexity index is 498. The molecule has 0 amide bonds. The van der Waals surface area contributed by atoms with E-state index in [0.29, 0.717) is 18.3 Å². The van der Waals surface area contributed by atoms with E-state index in [-0.39, 0.29) is 19.0 Å². The maximum atomic E-state index is 5.42.